The minimum Gasteiger partial charge on any atom is -0.479 e. The fraction of sp³-hybridized carbons (Fsp3) is 0.306. The van der Waals surface area contributed by atoms with Gasteiger partial charge in [0.15, 0.2) is 5.96 Å². The summed E-state index contributed by atoms with van der Waals surface area (Å²) < 4.78 is 10.4. The Morgan fingerprint density at radius 1 is 0.849 bits per heavy atom. The molecular weight excluding hydrogens is 690 g/mol. The highest BCUT2D eigenvalue weighted by atomic mass is 16.5. The molecule has 17 nitrogen and oxygen atoms in total. The van der Waals surface area contributed by atoms with Crippen molar-refractivity contribution >= 4 is 42.1 Å². The van der Waals surface area contributed by atoms with Crippen LogP contribution in [0.5, 0.6) is 0 Å². The van der Waals surface area contributed by atoms with Gasteiger partial charge in [-0.1, -0.05) is 78.9 Å². The average Bonchev–Trinajstić information content (AvgIpc) is 3.48. The van der Waals surface area contributed by atoms with Gasteiger partial charge in [0.05, 0.1) is 19.2 Å². The number of carbonyl (C=O) groups is 6. The Morgan fingerprint density at radius 2 is 1.45 bits per heavy atom. The Morgan fingerprint density at radius 3 is 2.00 bits per heavy atom. The lowest BCUT2D eigenvalue weighted by Crippen LogP contribution is -2.55. The van der Waals surface area contributed by atoms with Crippen LogP contribution in [0.1, 0.15) is 35.4 Å². The predicted molar refractivity (Wildman–Crippen MR) is 192 cm³/mol. The summed E-state index contributed by atoms with van der Waals surface area (Å²) in [5.41, 5.74) is 19.9. The molecule has 0 spiro atoms. The number of guanidine groups is 1. The maximum absolute atomic E-state index is 12.7. The zero-order chi connectivity index (χ0) is 38.8. The third kappa shape index (κ3) is 12.7. The van der Waals surface area contributed by atoms with Crippen LogP contribution in [-0.4, -0.2) is 96.7 Å². The highest BCUT2D eigenvalue weighted by Gasteiger charge is 2.35. The predicted octanol–water partition coefficient (Wildman–Crippen LogP) is -0.119. The number of aliphatic carboxylic acids is 1. The van der Waals surface area contributed by atoms with Gasteiger partial charge in [0, 0.05) is 12.5 Å². The first-order valence-electron chi connectivity index (χ1n) is 16.4. The van der Waals surface area contributed by atoms with Crippen LogP contribution in [0.4, 0.5) is 4.79 Å². The number of fused-ring (bicyclic) bond motifs is 3. The minimum atomic E-state index is -2.05. The van der Waals surface area contributed by atoms with Gasteiger partial charge in [0.2, 0.25) is 17.9 Å². The number of nitrogens with zero attached hydrogens (tertiary/aromatic N) is 1. The van der Waals surface area contributed by atoms with Crippen molar-refractivity contribution in [1.29, 1.82) is 0 Å². The van der Waals surface area contributed by atoms with Gasteiger partial charge in [-0.15, -0.1) is 0 Å². The van der Waals surface area contributed by atoms with E-state index in [1.807, 2.05) is 53.8 Å². The number of nitrogens with one attached hydrogen (secondary N) is 3. The molecule has 3 aromatic carbocycles. The SMILES string of the molecule is NCC(=O)N[C@H](C=O)CCCN=C(N)N.O=C(N[C@H](CO)C(=O)NC(C(=O)O)C(=O)OCC1c2ccccc2-c2ccccc21)OCc1ccccc1. The highest BCUT2D eigenvalue weighted by molar-refractivity contribution is 6.02. The normalized spacial score (nSPS) is 12.9. The largest absolute Gasteiger partial charge is 0.479 e. The van der Waals surface area contributed by atoms with Crippen LogP contribution in [0.3, 0.4) is 0 Å². The highest BCUT2D eigenvalue weighted by Crippen LogP contribution is 2.44. The molecule has 282 valence electrons. The van der Waals surface area contributed by atoms with Gasteiger partial charge >= 0.3 is 18.0 Å². The van der Waals surface area contributed by atoms with Crippen LogP contribution in [0.2, 0.25) is 0 Å². The second kappa shape index (κ2) is 21.1. The first-order chi connectivity index (χ1) is 25.5. The Kier molecular flexibility index (Phi) is 16.4. The molecule has 0 saturated carbocycles. The number of hydrogen-bond acceptors (Lipinski definition) is 11. The van der Waals surface area contributed by atoms with Crippen LogP contribution in [0, 0.1) is 0 Å². The second-order valence-corrected chi connectivity index (χ2v) is 11.5. The molecule has 1 aliphatic carbocycles. The van der Waals surface area contributed by atoms with E-state index in [9.17, 15) is 39.0 Å². The number of aliphatic hydroxyl groups excluding tert-OH is 1. The molecule has 0 fully saturated rings. The first-order valence-corrected chi connectivity index (χ1v) is 16.4. The molecule has 0 heterocycles. The molecule has 4 rings (SSSR count). The summed E-state index contributed by atoms with van der Waals surface area (Å²) in [6.07, 6.45) is 0.775. The third-order valence-corrected chi connectivity index (χ3v) is 7.79. The van der Waals surface area contributed by atoms with Gasteiger partial charge in [-0.05, 0) is 40.7 Å². The van der Waals surface area contributed by atoms with Crippen molar-refractivity contribution in [3.8, 4) is 11.1 Å². The summed E-state index contributed by atoms with van der Waals surface area (Å²) in [5.74, 6) is -4.57. The molecule has 0 saturated heterocycles. The summed E-state index contributed by atoms with van der Waals surface area (Å²) in [7, 11) is 0. The number of nitrogens with two attached hydrogens (primary N) is 3. The molecule has 0 aromatic heterocycles. The maximum atomic E-state index is 12.7. The summed E-state index contributed by atoms with van der Waals surface area (Å²) in [4.78, 5) is 74.3. The second-order valence-electron chi connectivity index (χ2n) is 11.5. The van der Waals surface area contributed by atoms with E-state index in [4.69, 9.17) is 26.7 Å². The van der Waals surface area contributed by atoms with E-state index < -0.39 is 48.7 Å². The standard InChI is InChI=1S/C28H26N2O8.C8H17N5O2/c31-14-23(29-28(36)38-15-17-8-2-1-3-9-17)25(32)30-24(26(33)34)27(35)37-16-22-20-12-6-4-10-18(20)19-11-5-7-13-21(19)22;9-4-7(15)13-6(5-14)2-1-3-12-8(10)11/h1-13,22-24,31H,14-16H2,(H,29,36)(H,30,32)(H,33,34);5-6H,1-4,9H2,(H,13,15)(H4,10,11,12)/t23-,24?;6-/m10/s1. The number of alkyl carbamates (subject to hydrolysis) is 1. The zero-order valence-electron chi connectivity index (χ0n) is 28.7. The van der Waals surface area contributed by atoms with Crippen LogP contribution in [0.25, 0.3) is 11.1 Å². The molecule has 0 radical (unpaired) electrons. The van der Waals surface area contributed by atoms with Crippen LogP contribution in [0.15, 0.2) is 83.9 Å². The van der Waals surface area contributed by atoms with Gasteiger partial charge in [-0.3, -0.25) is 14.6 Å². The molecule has 3 aromatic rings. The summed E-state index contributed by atoms with van der Waals surface area (Å²) >= 11 is 0. The minimum absolute atomic E-state index is 0.0173. The number of carboxylic acid groups (broad SMARTS) is 1. The molecule has 0 aliphatic heterocycles. The van der Waals surface area contributed by atoms with E-state index in [2.05, 4.69) is 15.6 Å². The molecule has 17 heteroatoms. The lowest BCUT2D eigenvalue weighted by molar-refractivity contribution is -0.157. The van der Waals surface area contributed by atoms with E-state index in [0.717, 1.165) is 22.3 Å². The smallest absolute Gasteiger partial charge is 0.408 e. The molecule has 3 atom stereocenters. The fourth-order valence-corrected chi connectivity index (χ4v) is 5.21. The maximum Gasteiger partial charge on any atom is 0.408 e. The number of aliphatic hydroxyl groups is 1. The number of hydrogen-bond donors (Lipinski definition) is 8. The van der Waals surface area contributed by atoms with Crippen molar-refractivity contribution in [2.45, 2.75) is 43.5 Å². The number of esters is 1. The van der Waals surface area contributed by atoms with E-state index in [1.165, 1.54) is 0 Å². The third-order valence-electron chi connectivity index (χ3n) is 7.79. The molecule has 11 N–H and O–H groups in total. The molecule has 1 unspecified atom stereocenters. The monoisotopic (exact) mass is 733 g/mol. The number of amides is 3. The van der Waals surface area contributed by atoms with Crippen LogP contribution >= 0.6 is 0 Å². The Labute approximate surface area is 304 Å². The lowest BCUT2D eigenvalue weighted by Gasteiger charge is -2.20. The Balaban J connectivity index is 0.000000426. The summed E-state index contributed by atoms with van der Waals surface area (Å²) in [5, 5.41) is 25.7. The van der Waals surface area contributed by atoms with E-state index in [1.54, 1.807) is 30.3 Å². The molecule has 53 heavy (non-hydrogen) atoms. The number of benzene rings is 3. The summed E-state index contributed by atoms with van der Waals surface area (Å²) in [6.45, 7) is -0.767. The Hall–Kier alpha value is -6.33. The molecule has 0 bridgehead atoms. The Bertz CT molecular complexity index is 1710. The van der Waals surface area contributed by atoms with Crippen LogP contribution in [-0.2, 0) is 40.1 Å². The van der Waals surface area contributed by atoms with Crippen molar-refractivity contribution < 1.29 is 48.5 Å². The topological polar surface area (TPSA) is 288 Å². The van der Waals surface area contributed by atoms with Gasteiger partial charge < -0.3 is 57.6 Å². The van der Waals surface area contributed by atoms with Crippen molar-refractivity contribution in [3.63, 3.8) is 0 Å². The number of rotatable bonds is 17. The van der Waals surface area contributed by atoms with Gasteiger partial charge in [0.25, 0.3) is 0 Å². The van der Waals surface area contributed by atoms with E-state index >= 15 is 0 Å². The number of ether oxygens (including phenoxy) is 2. The van der Waals surface area contributed by atoms with Crippen molar-refractivity contribution in [1.82, 2.24) is 16.0 Å². The molecule has 1 aliphatic rings. The zero-order valence-corrected chi connectivity index (χ0v) is 28.7. The average molecular weight is 734 g/mol. The molecular formula is C36H43N7O10. The van der Waals surface area contributed by atoms with Gasteiger partial charge in [-0.2, -0.15) is 0 Å². The van der Waals surface area contributed by atoms with Gasteiger partial charge in [0.1, 0.15) is 25.5 Å². The van der Waals surface area contributed by atoms with Crippen LogP contribution < -0.4 is 33.2 Å². The number of aldehydes is 1. The van der Waals surface area contributed by atoms with Crippen molar-refractivity contribution in [3.05, 3.63) is 95.6 Å². The quantitative estimate of drug-likeness (QED) is 0.0225. The fourth-order valence-electron chi connectivity index (χ4n) is 5.21. The van der Waals surface area contributed by atoms with Gasteiger partial charge in [-0.25, -0.2) is 14.4 Å². The summed E-state index contributed by atoms with van der Waals surface area (Å²) in [6, 6.07) is 20.0. The lowest BCUT2D eigenvalue weighted by atomic mass is 9.98. The van der Waals surface area contributed by atoms with Crippen molar-refractivity contribution in [2.75, 3.05) is 26.3 Å². The van der Waals surface area contributed by atoms with E-state index in [-0.39, 0.29) is 37.5 Å². The van der Waals surface area contributed by atoms with Crippen molar-refractivity contribution in [2.24, 2.45) is 22.2 Å². The molecule has 3 amide bonds. The number of carboxylic acids is 1. The van der Waals surface area contributed by atoms with E-state index in [0.29, 0.717) is 31.2 Å². The number of carbonyl (C=O) groups excluding carboxylic acids is 5. The number of aliphatic imine (C=N–C) groups is 1. The first kappa shape index (κ1) is 41.1.